The quantitative estimate of drug-likeness (QED) is 0.718. The van der Waals surface area contributed by atoms with Crippen LogP contribution in [0.25, 0.3) is 0 Å². The van der Waals surface area contributed by atoms with E-state index in [1.54, 1.807) is 6.92 Å². The van der Waals surface area contributed by atoms with Gasteiger partial charge in [-0.3, -0.25) is 4.68 Å². The molecule has 0 bridgehead atoms. The molecule has 0 saturated heterocycles. The number of ether oxygens (including phenoxy) is 2. The summed E-state index contributed by atoms with van der Waals surface area (Å²) in [5.41, 5.74) is -0.752. The van der Waals surface area contributed by atoms with Crippen molar-refractivity contribution >= 4 is 5.97 Å². The van der Waals surface area contributed by atoms with Crippen molar-refractivity contribution in [1.82, 2.24) is 9.78 Å². The lowest BCUT2D eigenvalue weighted by molar-refractivity contribution is 0.0515. The predicted octanol–water partition coefficient (Wildman–Crippen LogP) is 1.64. The monoisotopic (exact) mass is 248 g/mol. The highest BCUT2D eigenvalue weighted by Crippen LogP contribution is 2.21. The SMILES string of the molecule is CCOC(=O)c1cn(CCOC)nc1C(F)F. The maximum atomic E-state index is 12.6. The van der Waals surface area contributed by atoms with Crippen molar-refractivity contribution in [1.29, 1.82) is 0 Å². The Hall–Kier alpha value is -1.50. The molecule has 1 rings (SSSR count). The molecule has 0 unspecified atom stereocenters. The molecule has 0 atom stereocenters. The minimum atomic E-state index is -2.81. The predicted molar refractivity (Wildman–Crippen MR) is 55.0 cm³/mol. The first kappa shape index (κ1) is 13.6. The Labute approximate surface area is 97.3 Å². The molecular weight excluding hydrogens is 234 g/mol. The Bertz CT molecular complexity index is 380. The molecule has 0 aliphatic rings. The summed E-state index contributed by atoms with van der Waals surface area (Å²) in [5, 5.41) is 3.64. The molecule has 0 spiro atoms. The number of nitrogens with zero attached hydrogens (tertiary/aromatic N) is 2. The highest BCUT2D eigenvalue weighted by Gasteiger charge is 2.23. The smallest absolute Gasteiger partial charge is 0.341 e. The van der Waals surface area contributed by atoms with Crippen LogP contribution >= 0.6 is 0 Å². The molecule has 0 aromatic carbocycles. The second-order valence-electron chi connectivity index (χ2n) is 3.21. The lowest BCUT2D eigenvalue weighted by Gasteiger charge is -2.00. The molecule has 1 aromatic rings. The molecule has 0 aliphatic heterocycles. The van der Waals surface area contributed by atoms with Gasteiger partial charge in [-0.1, -0.05) is 0 Å². The maximum Gasteiger partial charge on any atom is 0.341 e. The van der Waals surface area contributed by atoms with Crippen LogP contribution in [0.1, 0.15) is 29.4 Å². The van der Waals surface area contributed by atoms with E-state index in [2.05, 4.69) is 9.84 Å². The number of esters is 1. The summed E-state index contributed by atoms with van der Waals surface area (Å²) in [7, 11) is 1.49. The second-order valence-corrected chi connectivity index (χ2v) is 3.21. The van der Waals surface area contributed by atoms with Crippen LogP contribution in [0.15, 0.2) is 6.20 Å². The Morgan fingerprint density at radius 2 is 2.29 bits per heavy atom. The zero-order valence-corrected chi connectivity index (χ0v) is 9.65. The third-order valence-electron chi connectivity index (χ3n) is 2.02. The number of alkyl halides is 2. The van der Waals surface area contributed by atoms with Gasteiger partial charge in [0.05, 0.1) is 19.8 Å². The van der Waals surface area contributed by atoms with Crippen molar-refractivity contribution in [2.45, 2.75) is 19.9 Å². The van der Waals surface area contributed by atoms with Crippen molar-refractivity contribution in [2.75, 3.05) is 20.3 Å². The Balaban J connectivity index is 2.92. The van der Waals surface area contributed by atoms with E-state index in [1.807, 2.05) is 0 Å². The van der Waals surface area contributed by atoms with Crippen LogP contribution in [-0.2, 0) is 16.0 Å². The molecule has 1 aromatic heterocycles. The lowest BCUT2D eigenvalue weighted by atomic mass is 10.2. The van der Waals surface area contributed by atoms with Crippen molar-refractivity contribution in [3.05, 3.63) is 17.5 Å². The number of rotatable bonds is 6. The van der Waals surface area contributed by atoms with Gasteiger partial charge in [-0.15, -0.1) is 0 Å². The Kier molecular flexibility index (Phi) is 5.02. The molecule has 0 radical (unpaired) electrons. The van der Waals surface area contributed by atoms with E-state index in [-0.39, 0.29) is 12.2 Å². The summed E-state index contributed by atoms with van der Waals surface area (Å²) in [4.78, 5) is 11.4. The lowest BCUT2D eigenvalue weighted by Crippen LogP contribution is -2.06. The first-order valence-corrected chi connectivity index (χ1v) is 5.11. The molecule has 17 heavy (non-hydrogen) atoms. The molecule has 7 heteroatoms. The molecule has 0 N–H and O–H groups in total. The molecule has 0 aliphatic carbocycles. The van der Waals surface area contributed by atoms with Gasteiger partial charge in [-0.05, 0) is 6.92 Å². The average Bonchev–Trinajstić information content (AvgIpc) is 2.71. The number of carbonyl (C=O) groups excluding carboxylic acids is 1. The third-order valence-corrected chi connectivity index (χ3v) is 2.02. The number of methoxy groups -OCH3 is 1. The zero-order valence-electron chi connectivity index (χ0n) is 9.65. The van der Waals surface area contributed by atoms with Crippen LogP contribution in [0, 0.1) is 0 Å². The largest absolute Gasteiger partial charge is 0.462 e. The van der Waals surface area contributed by atoms with Gasteiger partial charge < -0.3 is 9.47 Å². The van der Waals surface area contributed by atoms with E-state index in [9.17, 15) is 13.6 Å². The van der Waals surface area contributed by atoms with Crippen LogP contribution < -0.4 is 0 Å². The van der Waals surface area contributed by atoms with Crippen LogP contribution in [0.5, 0.6) is 0 Å². The Morgan fingerprint density at radius 1 is 1.59 bits per heavy atom. The van der Waals surface area contributed by atoms with Gasteiger partial charge in [0, 0.05) is 13.3 Å². The van der Waals surface area contributed by atoms with E-state index in [0.717, 1.165) is 0 Å². The van der Waals surface area contributed by atoms with E-state index >= 15 is 0 Å². The highest BCUT2D eigenvalue weighted by atomic mass is 19.3. The van der Waals surface area contributed by atoms with Gasteiger partial charge in [0.1, 0.15) is 11.3 Å². The highest BCUT2D eigenvalue weighted by molar-refractivity contribution is 5.90. The third kappa shape index (κ3) is 3.48. The summed E-state index contributed by atoms with van der Waals surface area (Å²) in [6.07, 6.45) is -1.56. The van der Waals surface area contributed by atoms with Crippen molar-refractivity contribution < 1.29 is 23.0 Å². The molecular formula is C10H14F2N2O3. The summed E-state index contributed by atoms with van der Waals surface area (Å²) in [5.74, 6) is -0.786. The summed E-state index contributed by atoms with van der Waals surface area (Å²) in [6, 6.07) is 0. The minimum absolute atomic E-state index is 0.130. The summed E-state index contributed by atoms with van der Waals surface area (Å²) < 4.78 is 36.0. The maximum absolute atomic E-state index is 12.6. The van der Waals surface area contributed by atoms with Crippen LogP contribution in [-0.4, -0.2) is 36.1 Å². The molecule has 96 valence electrons. The standard InChI is InChI=1S/C10H14F2N2O3/c1-3-17-10(15)7-6-14(4-5-16-2)13-8(7)9(11)12/h6,9H,3-5H2,1-2H3. The summed E-state index contributed by atoms with van der Waals surface area (Å²) in [6.45, 7) is 2.36. The first-order valence-electron chi connectivity index (χ1n) is 5.11. The minimum Gasteiger partial charge on any atom is -0.462 e. The Morgan fingerprint density at radius 3 is 2.82 bits per heavy atom. The topological polar surface area (TPSA) is 53.4 Å². The van der Waals surface area contributed by atoms with Crippen molar-refractivity contribution in [3.8, 4) is 0 Å². The molecule has 0 amide bonds. The van der Waals surface area contributed by atoms with E-state index in [4.69, 9.17) is 4.74 Å². The molecule has 0 saturated carbocycles. The zero-order chi connectivity index (χ0) is 12.8. The number of hydrogen-bond acceptors (Lipinski definition) is 4. The van der Waals surface area contributed by atoms with Gasteiger partial charge in [0.2, 0.25) is 0 Å². The number of hydrogen-bond donors (Lipinski definition) is 0. The van der Waals surface area contributed by atoms with Gasteiger partial charge in [-0.2, -0.15) is 5.10 Å². The second kappa shape index (κ2) is 6.29. The molecule has 0 fully saturated rings. The fourth-order valence-electron chi connectivity index (χ4n) is 1.26. The van der Waals surface area contributed by atoms with Gasteiger partial charge in [-0.25, -0.2) is 13.6 Å². The summed E-state index contributed by atoms with van der Waals surface area (Å²) >= 11 is 0. The van der Waals surface area contributed by atoms with Gasteiger partial charge >= 0.3 is 5.97 Å². The normalized spacial score (nSPS) is 10.9. The van der Waals surface area contributed by atoms with E-state index in [1.165, 1.54) is 18.0 Å². The number of carbonyl (C=O) groups is 1. The van der Waals surface area contributed by atoms with Crippen LogP contribution in [0.2, 0.25) is 0 Å². The number of halogens is 2. The number of aromatic nitrogens is 2. The van der Waals surface area contributed by atoms with Gasteiger partial charge in [0.15, 0.2) is 0 Å². The van der Waals surface area contributed by atoms with Gasteiger partial charge in [0.25, 0.3) is 6.43 Å². The first-order chi connectivity index (χ1) is 8.10. The fourth-order valence-corrected chi connectivity index (χ4v) is 1.26. The fraction of sp³-hybridized carbons (Fsp3) is 0.600. The van der Waals surface area contributed by atoms with Crippen molar-refractivity contribution in [3.63, 3.8) is 0 Å². The van der Waals surface area contributed by atoms with Crippen molar-refractivity contribution in [2.24, 2.45) is 0 Å². The molecule has 1 heterocycles. The average molecular weight is 248 g/mol. The van der Waals surface area contributed by atoms with Crippen LogP contribution in [0.4, 0.5) is 8.78 Å². The van der Waals surface area contributed by atoms with Crippen LogP contribution in [0.3, 0.4) is 0 Å². The molecule has 5 nitrogen and oxygen atoms in total. The van der Waals surface area contributed by atoms with E-state index in [0.29, 0.717) is 13.2 Å². The van der Waals surface area contributed by atoms with E-state index < -0.39 is 18.1 Å².